The molecule has 0 radical (unpaired) electrons. The number of nitrogens with zero attached hydrogens (tertiary/aromatic N) is 4. The lowest BCUT2D eigenvalue weighted by atomic mass is 9.98. The lowest BCUT2D eigenvalue weighted by molar-refractivity contribution is -0.141. The molecule has 0 bridgehead atoms. The van der Waals surface area contributed by atoms with Gasteiger partial charge in [0.15, 0.2) is 11.5 Å². The van der Waals surface area contributed by atoms with Crippen LogP contribution in [0, 0.1) is 18.7 Å². The number of fused-ring (bicyclic) bond motifs is 1. The standard InChI is InChI=1S/C20H20ClFN4O2S/c1-11-17(29-2)19(25-9-3-4-13(10-25)20(27)28)26-18(23-11)15(22)16(24-26)12-5-7-14(21)8-6-12/h5-8,13H,3-4,9-10H2,1-2H3,(H,27,28). The smallest absolute Gasteiger partial charge is 0.308 e. The first-order chi connectivity index (χ1) is 13.9. The van der Waals surface area contributed by atoms with Crippen LogP contribution in [-0.4, -0.2) is 45.0 Å². The van der Waals surface area contributed by atoms with E-state index in [0.717, 1.165) is 11.3 Å². The minimum Gasteiger partial charge on any atom is -0.481 e. The number of aliphatic carboxylic acids is 1. The molecule has 1 unspecified atom stereocenters. The average Bonchev–Trinajstić information content (AvgIpc) is 3.03. The summed E-state index contributed by atoms with van der Waals surface area (Å²) in [6, 6.07) is 6.82. The summed E-state index contributed by atoms with van der Waals surface area (Å²) in [7, 11) is 0. The van der Waals surface area contributed by atoms with Crippen molar-refractivity contribution in [3.63, 3.8) is 0 Å². The number of piperidine rings is 1. The van der Waals surface area contributed by atoms with Crippen LogP contribution in [0.15, 0.2) is 29.2 Å². The molecule has 3 heterocycles. The summed E-state index contributed by atoms with van der Waals surface area (Å²) in [4.78, 5) is 18.9. The van der Waals surface area contributed by atoms with Crippen LogP contribution in [0.5, 0.6) is 0 Å². The Labute approximate surface area is 176 Å². The zero-order valence-electron chi connectivity index (χ0n) is 16.0. The van der Waals surface area contributed by atoms with Crippen molar-refractivity contribution in [2.24, 2.45) is 5.92 Å². The second-order valence-electron chi connectivity index (χ2n) is 7.08. The first-order valence-electron chi connectivity index (χ1n) is 9.27. The molecule has 0 spiro atoms. The maximum atomic E-state index is 15.3. The molecule has 0 saturated carbocycles. The van der Waals surface area contributed by atoms with E-state index in [2.05, 4.69) is 10.1 Å². The highest BCUT2D eigenvalue weighted by atomic mass is 35.5. The Hall–Kier alpha value is -2.32. The highest BCUT2D eigenvalue weighted by Crippen LogP contribution is 2.36. The summed E-state index contributed by atoms with van der Waals surface area (Å²) in [5.41, 5.74) is 1.63. The van der Waals surface area contributed by atoms with Crippen molar-refractivity contribution in [2.75, 3.05) is 24.2 Å². The van der Waals surface area contributed by atoms with Crippen LogP contribution in [0.25, 0.3) is 16.9 Å². The summed E-state index contributed by atoms with van der Waals surface area (Å²) in [6.07, 6.45) is 3.32. The molecule has 0 aliphatic carbocycles. The van der Waals surface area contributed by atoms with E-state index in [0.29, 0.717) is 41.6 Å². The van der Waals surface area contributed by atoms with Gasteiger partial charge in [-0.2, -0.15) is 9.61 Å². The number of rotatable bonds is 4. The Morgan fingerprint density at radius 1 is 1.34 bits per heavy atom. The van der Waals surface area contributed by atoms with Crippen molar-refractivity contribution in [3.8, 4) is 11.3 Å². The van der Waals surface area contributed by atoms with Gasteiger partial charge in [-0.25, -0.2) is 9.37 Å². The monoisotopic (exact) mass is 434 g/mol. The quantitative estimate of drug-likeness (QED) is 0.609. The van der Waals surface area contributed by atoms with Gasteiger partial charge in [-0.15, -0.1) is 11.8 Å². The number of halogens is 2. The van der Waals surface area contributed by atoms with Crippen molar-refractivity contribution < 1.29 is 14.3 Å². The van der Waals surface area contributed by atoms with E-state index in [1.807, 2.05) is 18.1 Å². The Morgan fingerprint density at radius 2 is 2.07 bits per heavy atom. The second-order valence-corrected chi connectivity index (χ2v) is 8.34. The lowest BCUT2D eigenvalue weighted by Crippen LogP contribution is -2.40. The highest BCUT2D eigenvalue weighted by molar-refractivity contribution is 7.98. The number of hydrogen-bond acceptors (Lipinski definition) is 5. The summed E-state index contributed by atoms with van der Waals surface area (Å²) >= 11 is 7.46. The van der Waals surface area contributed by atoms with Crippen molar-refractivity contribution in [1.29, 1.82) is 0 Å². The van der Waals surface area contributed by atoms with Gasteiger partial charge in [0.1, 0.15) is 11.5 Å². The molecule has 29 heavy (non-hydrogen) atoms. The third-order valence-corrected chi connectivity index (χ3v) is 6.34. The van der Waals surface area contributed by atoms with Gasteiger partial charge in [0, 0.05) is 23.7 Å². The molecule has 1 saturated heterocycles. The van der Waals surface area contributed by atoms with E-state index in [4.69, 9.17) is 11.6 Å². The Morgan fingerprint density at radius 3 is 2.72 bits per heavy atom. The highest BCUT2D eigenvalue weighted by Gasteiger charge is 2.30. The zero-order valence-corrected chi connectivity index (χ0v) is 17.6. The van der Waals surface area contributed by atoms with E-state index in [9.17, 15) is 9.90 Å². The van der Waals surface area contributed by atoms with E-state index < -0.39 is 17.7 Å². The maximum absolute atomic E-state index is 15.3. The third kappa shape index (κ3) is 3.55. The Bertz CT molecular complexity index is 1090. The largest absolute Gasteiger partial charge is 0.481 e. The van der Waals surface area contributed by atoms with Gasteiger partial charge in [-0.3, -0.25) is 4.79 Å². The van der Waals surface area contributed by atoms with Crippen LogP contribution in [0.2, 0.25) is 5.02 Å². The van der Waals surface area contributed by atoms with Gasteiger partial charge < -0.3 is 10.0 Å². The van der Waals surface area contributed by atoms with Crippen LogP contribution < -0.4 is 4.90 Å². The summed E-state index contributed by atoms with van der Waals surface area (Å²) < 4.78 is 16.8. The third-order valence-electron chi connectivity index (χ3n) is 5.20. The number of carboxylic acids is 1. The number of carboxylic acid groups (broad SMARTS) is 1. The van der Waals surface area contributed by atoms with E-state index in [1.165, 1.54) is 16.3 Å². The molecule has 1 aromatic carbocycles. The molecule has 1 atom stereocenters. The summed E-state index contributed by atoms with van der Waals surface area (Å²) in [6.45, 7) is 2.88. The summed E-state index contributed by atoms with van der Waals surface area (Å²) in [5, 5.41) is 14.6. The van der Waals surface area contributed by atoms with Gasteiger partial charge in [0.05, 0.1) is 16.5 Å². The van der Waals surface area contributed by atoms with Gasteiger partial charge in [0.2, 0.25) is 0 Å². The minimum atomic E-state index is -0.809. The Kier molecular flexibility index (Phi) is 5.40. The van der Waals surface area contributed by atoms with Crippen LogP contribution in [-0.2, 0) is 4.79 Å². The SMILES string of the molecule is CSc1c(C)nc2c(F)c(-c3ccc(Cl)cc3)nn2c1N1CCCC(C(=O)O)C1. The fourth-order valence-electron chi connectivity index (χ4n) is 3.78. The fourth-order valence-corrected chi connectivity index (χ4v) is 4.65. The normalized spacial score (nSPS) is 17.1. The molecule has 1 aliphatic rings. The molecule has 1 aliphatic heterocycles. The molecule has 1 fully saturated rings. The molecule has 152 valence electrons. The van der Waals surface area contributed by atoms with Crippen molar-refractivity contribution >= 4 is 40.8 Å². The van der Waals surface area contributed by atoms with Crippen LogP contribution >= 0.6 is 23.4 Å². The molecule has 9 heteroatoms. The van der Waals surface area contributed by atoms with E-state index in [1.54, 1.807) is 24.3 Å². The summed E-state index contributed by atoms with van der Waals surface area (Å²) in [5.74, 6) is -1.07. The Balaban J connectivity index is 1.91. The number of anilines is 1. The molecule has 3 aromatic rings. The zero-order chi connectivity index (χ0) is 20.7. The van der Waals surface area contributed by atoms with Crippen molar-refractivity contribution in [2.45, 2.75) is 24.7 Å². The van der Waals surface area contributed by atoms with Crippen molar-refractivity contribution in [1.82, 2.24) is 14.6 Å². The minimum absolute atomic E-state index is 0.137. The van der Waals surface area contributed by atoms with Gasteiger partial charge in [0.25, 0.3) is 0 Å². The van der Waals surface area contributed by atoms with Gasteiger partial charge >= 0.3 is 5.97 Å². The maximum Gasteiger partial charge on any atom is 0.308 e. The predicted molar refractivity (Wildman–Crippen MR) is 112 cm³/mol. The molecular weight excluding hydrogens is 415 g/mol. The van der Waals surface area contributed by atoms with E-state index >= 15 is 4.39 Å². The van der Waals surface area contributed by atoms with E-state index in [-0.39, 0.29) is 11.3 Å². The number of aromatic nitrogens is 3. The number of carbonyl (C=O) groups is 1. The molecule has 2 aromatic heterocycles. The first kappa shape index (κ1) is 20.0. The van der Waals surface area contributed by atoms with Crippen molar-refractivity contribution in [3.05, 3.63) is 40.8 Å². The van der Waals surface area contributed by atoms with Gasteiger partial charge in [-0.1, -0.05) is 23.7 Å². The van der Waals surface area contributed by atoms with Crippen LogP contribution in [0.1, 0.15) is 18.5 Å². The molecular formula is C20H20ClFN4O2S. The topological polar surface area (TPSA) is 70.7 Å². The first-order valence-corrected chi connectivity index (χ1v) is 10.9. The molecule has 0 amide bonds. The molecule has 6 nitrogen and oxygen atoms in total. The van der Waals surface area contributed by atoms with Crippen LogP contribution in [0.4, 0.5) is 10.2 Å². The van der Waals surface area contributed by atoms with Crippen LogP contribution in [0.3, 0.4) is 0 Å². The molecule has 4 rings (SSSR count). The average molecular weight is 435 g/mol. The second kappa shape index (κ2) is 7.84. The number of benzene rings is 1. The lowest BCUT2D eigenvalue weighted by Gasteiger charge is -2.33. The predicted octanol–water partition coefficient (Wildman–Crippen LogP) is 4.52. The number of aryl methyl sites for hydroxylation is 1. The number of hydrogen-bond donors (Lipinski definition) is 1. The fraction of sp³-hybridized carbons (Fsp3) is 0.350. The molecule has 1 N–H and O–H groups in total. The van der Waals surface area contributed by atoms with Gasteiger partial charge in [-0.05, 0) is 38.2 Å². The number of thioether (sulfide) groups is 1.